The average Bonchev–Trinajstić information content (AvgIpc) is 2.15. The molecule has 0 aliphatic heterocycles. The van der Waals surface area contributed by atoms with Crippen LogP contribution in [-0.2, 0) is 19.1 Å². The number of aliphatic hydroxyl groups is 1. The van der Waals surface area contributed by atoms with Gasteiger partial charge in [-0.2, -0.15) is 0 Å². The maximum Gasteiger partial charge on any atom is 0.312 e. The van der Waals surface area contributed by atoms with Gasteiger partial charge < -0.3 is 14.6 Å². The monoisotopic (exact) mass is 232 g/mol. The van der Waals surface area contributed by atoms with Crippen LogP contribution in [0.4, 0.5) is 0 Å². The minimum Gasteiger partial charge on any atom is -0.463 e. The van der Waals surface area contributed by atoms with Gasteiger partial charge in [0.15, 0.2) is 0 Å². The van der Waals surface area contributed by atoms with Crippen LogP contribution < -0.4 is 0 Å². The van der Waals surface area contributed by atoms with E-state index in [-0.39, 0.29) is 38.6 Å². The Hall–Kier alpha value is -0.940. The Morgan fingerprint density at radius 3 is 2.31 bits per heavy atom. The summed E-state index contributed by atoms with van der Waals surface area (Å²) in [4.78, 5) is 22.5. The standard InChI is InChI=1S/C11H20O5/c1-9(13)8-11(2,3)10(14)16-7-6-15-5-4-12/h12H,4-8H2,1-3H3. The first kappa shape index (κ1) is 15.1. The summed E-state index contributed by atoms with van der Waals surface area (Å²) in [6.07, 6.45) is 0.170. The van der Waals surface area contributed by atoms with Crippen molar-refractivity contribution in [3.05, 3.63) is 0 Å². The van der Waals surface area contributed by atoms with Gasteiger partial charge >= 0.3 is 5.97 Å². The zero-order chi connectivity index (χ0) is 12.6. The van der Waals surface area contributed by atoms with Crippen molar-refractivity contribution in [3.63, 3.8) is 0 Å². The molecule has 0 amide bonds. The molecule has 0 atom stereocenters. The highest BCUT2D eigenvalue weighted by Gasteiger charge is 2.30. The van der Waals surface area contributed by atoms with Gasteiger partial charge in [-0.25, -0.2) is 0 Å². The zero-order valence-electron chi connectivity index (χ0n) is 10.1. The Labute approximate surface area is 95.7 Å². The average molecular weight is 232 g/mol. The second-order valence-electron chi connectivity index (χ2n) is 4.23. The highest BCUT2D eigenvalue weighted by molar-refractivity contribution is 5.85. The Morgan fingerprint density at radius 2 is 1.81 bits per heavy atom. The summed E-state index contributed by atoms with van der Waals surface area (Å²) < 4.78 is 9.89. The molecule has 0 fully saturated rings. The Morgan fingerprint density at radius 1 is 1.19 bits per heavy atom. The molecule has 0 aromatic rings. The van der Waals surface area contributed by atoms with E-state index in [1.807, 2.05) is 0 Å². The molecular weight excluding hydrogens is 212 g/mol. The fraction of sp³-hybridized carbons (Fsp3) is 0.818. The zero-order valence-corrected chi connectivity index (χ0v) is 10.1. The van der Waals surface area contributed by atoms with E-state index in [2.05, 4.69) is 0 Å². The number of carbonyl (C=O) groups excluding carboxylic acids is 2. The summed E-state index contributed by atoms with van der Waals surface area (Å²) in [5.74, 6) is -0.450. The van der Waals surface area contributed by atoms with Gasteiger partial charge in [0.1, 0.15) is 12.4 Å². The number of ketones is 1. The van der Waals surface area contributed by atoms with Crippen molar-refractivity contribution in [3.8, 4) is 0 Å². The van der Waals surface area contributed by atoms with E-state index >= 15 is 0 Å². The number of Topliss-reactive ketones (excluding diaryl/α,β-unsaturated/α-hetero) is 1. The number of rotatable bonds is 8. The predicted octanol–water partition coefficient (Wildman–Crippen LogP) is 0.544. The molecule has 0 aromatic heterocycles. The summed E-state index contributed by atoms with van der Waals surface area (Å²) in [5.41, 5.74) is -0.789. The first-order chi connectivity index (χ1) is 7.40. The largest absolute Gasteiger partial charge is 0.463 e. The maximum atomic E-state index is 11.6. The van der Waals surface area contributed by atoms with E-state index in [4.69, 9.17) is 14.6 Å². The molecule has 0 aliphatic rings. The summed E-state index contributed by atoms with van der Waals surface area (Å²) >= 11 is 0. The van der Waals surface area contributed by atoms with Crippen molar-refractivity contribution in [1.82, 2.24) is 0 Å². The first-order valence-electron chi connectivity index (χ1n) is 5.25. The van der Waals surface area contributed by atoms with Crippen molar-refractivity contribution in [2.24, 2.45) is 5.41 Å². The SMILES string of the molecule is CC(=O)CC(C)(C)C(=O)OCCOCCO. The highest BCUT2D eigenvalue weighted by atomic mass is 16.6. The molecule has 5 nitrogen and oxygen atoms in total. The lowest BCUT2D eigenvalue weighted by Crippen LogP contribution is -2.29. The molecule has 0 saturated carbocycles. The van der Waals surface area contributed by atoms with Gasteiger partial charge in [-0.1, -0.05) is 0 Å². The van der Waals surface area contributed by atoms with Gasteiger partial charge in [0.2, 0.25) is 0 Å². The maximum absolute atomic E-state index is 11.6. The third kappa shape index (κ3) is 6.53. The normalized spacial score (nSPS) is 11.2. The summed E-state index contributed by atoms with van der Waals surface area (Å²) in [6, 6.07) is 0. The molecule has 5 heteroatoms. The van der Waals surface area contributed by atoms with Crippen LogP contribution in [0, 0.1) is 5.41 Å². The molecule has 0 saturated heterocycles. The molecule has 0 aliphatic carbocycles. The van der Waals surface area contributed by atoms with E-state index < -0.39 is 11.4 Å². The van der Waals surface area contributed by atoms with Crippen molar-refractivity contribution in [2.75, 3.05) is 26.4 Å². The van der Waals surface area contributed by atoms with Crippen LogP contribution in [-0.4, -0.2) is 43.3 Å². The van der Waals surface area contributed by atoms with Crippen molar-refractivity contribution in [2.45, 2.75) is 27.2 Å². The van der Waals surface area contributed by atoms with E-state index in [0.717, 1.165) is 0 Å². The Bertz CT molecular complexity index is 235. The smallest absolute Gasteiger partial charge is 0.312 e. The third-order valence-electron chi connectivity index (χ3n) is 1.94. The van der Waals surface area contributed by atoms with Crippen LogP contribution in [0.2, 0.25) is 0 Å². The molecule has 0 bridgehead atoms. The number of aliphatic hydroxyl groups excluding tert-OH is 1. The molecule has 94 valence electrons. The quantitative estimate of drug-likeness (QED) is 0.488. The van der Waals surface area contributed by atoms with Crippen LogP contribution >= 0.6 is 0 Å². The van der Waals surface area contributed by atoms with E-state index in [1.165, 1.54) is 6.92 Å². The fourth-order valence-electron chi connectivity index (χ4n) is 1.25. The molecular formula is C11H20O5. The van der Waals surface area contributed by atoms with Crippen LogP contribution in [0.3, 0.4) is 0 Å². The van der Waals surface area contributed by atoms with E-state index in [9.17, 15) is 9.59 Å². The van der Waals surface area contributed by atoms with Gasteiger partial charge in [0, 0.05) is 6.42 Å². The van der Waals surface area contributed by atoms with Gasteiger partial charge in [0.25, 0.3) is 0 Å². The van der Waals surface area contributed by atoms with Gasteiger partial charge in [-0.15, -0.1) is 0 Å². The summed E-state index contributed by atoms with van der Waals surface area (Å²) in [7, 11) is 0. The number of hydrogen-bond donors (Lipinski definition) is 1. The lowest BCUT2D eigenvalue weighted by Gasteiger charge is -2.20. The lowest BCUT2D eigenvalue weighted by atomic mass is 9.88. The molecule has 1 N–H and O–H groups in total. The van der Waals surface area contributed by atoms with Gasteiger partial charge in [0.05, 0.1) is 25.2 Å². The van der Waals surface area contributed by atoms with Crippen molar-refractivity contribution in [1.29, 1.82) is 0 Å². The first-order valence-corrected chi connectivity index (χ1v) is 5.25. The van der Waals surface area contributed by atoms with E-state index in [0.29, 0.717) is 0 Å². The Balaban J connectivity index is 3.82. The molecule has 0 spiro atoms. The Kier molecular flexibility index (Phi) is 6.92. The lowest BCUT2D eigenvalue weighted by molar-refractivity contribution is -0.157. The summed E-state index contributed by atoms with van der Waals surface area (Å²) in [6.45, 7) is 5.36. The predicted molar refractivity (Wildman–Crippen MR) is 57.9 cm³/mol. The number of hydrogen-bond acceptors (Lipinski definition) is 5. The minimum atomic E-state index is -0.789. The molecule has 0 heterocycles. The molecule has 16 heavy (non-hydrogen) atoms. The van der Waals surface area contributed by atoms with Crippen LogP contribution in [0.15, 0.2) is 0 Å². The number of esters is 1. The molecule has 0 rings (SSSR count). The third-order valence-corrected chi connectivity index (χ3v) is 1.94. The van der Waals surface area contributed by atoms with E-state index in [1.54, 1.807) is 13.8 Å². The van der Waals surface area contributed by atoms with Gasteiger partial charge in [-0.05, 0) is 20.8 Å². The van der Waals surface area contributed by atoms with Crippen LogP contribution in [0.25, 0.3) is 0 Å². The number of carbonyl (C=O) groups is 2. The van der Waals surface area contributed by atoms with Crippen molar-refractivity contribution >= 4 is 11.8 Å². The fourth-order valence-corrected chi connectivity index (χ4v) is 1.25. The summed E-state index contributed by atoms with van der Waals surface area (Å²) in [5, 5.41) is 8.43. The topological polar surface area (TPSA) is 72.8 Å². The number of ether oxygens (including phenoxy) is 2. The molecule has 0 aromatic carbocycles. The van der Waals surface area contributed by atoms with Gasteiger partial charge in [-0.3, -0.25) is 9.59 Å². The highest BCUT2D eigenvalue weighted by Crippen LogP contribution is 2.22. The molecule has 0 radical (unpaired) electrons. The van der Waals surface area contributed by atoms with Crippen molar-refractivity contribution < 1.29 is 24.2 Å². The van der Waals surface area contributed by atoms with Crippen LogP contribution in [0.5, 0.6) is 0 Å². The molecule has 0 unspecified atom stereocenters. The second-order valence-corrected chi connectivity index (χ2v) is 4.23. The van der Waals surface area contributed by atoms with Crippen LogP contribution in [0.1, 0.15) is 27.2 Å². The minimum absolute atomic E-state index is 0.0431. The second kappa shape index (κ2) is 7.35.